The molecule has 1 N–H and O–H groups in total. The lowest BCUT2D eigenvalue weighted by Crippen LogP contribution is -2.66. The van der Waals surface area contributed by atoms with E-state index in [0.29, 0.717) is 12.8 Å². The van der Waals surface area contributed by atoms with Crippen molar-refractivity contribution in [3.8, 4) is 0 Å². The van der Waals surface area contributed by atoms with Gasteiger partial charge < -0.3 is 9.84 Å². The van der Waals surface area contributed by atoms with Gasteiger partial charge in [-0.1, -0.05) is 77.6 Å². The van der Waals surface area contributed by atoms with Crippen LogP contribution < -0.4 is 0 Å². The number of carboxylic acids is 1. The summed E-state index contributed by atoms with van der Waals surface area (Å²) in [5.41, 5.74) is 0. The quantitative estimate of drug-likeness (QED) is 0.0754. The Bertz CT molecular complexity index is 689. The van der Waals surface area contributed by atoms with Crippen LogP contribution in [0.25, 0.3) is 0 Å². The molecule has 0 aliphatic carbocycles. The first-order valence-corrected chi connectivity index (χ1v) is 11.5. The fourth-order valence-corrected chi connectivity index (χ4v) is 3.19. The molecule has 214 valence electrons. The van der Waals surface area contributed by atoms with E-state index >= 15 is 0 Å². The zero-order valence-corrected chi connectivity index (χ0v) is 19.7. The topological polar surface area (TPSA) is 46.5 Å². The number of alkyl halides is 11. The first-order valence-electron chi connectivity index (χ1n) is 11.5. The van der Waals surface area contributed by atoms with Gasteiger partial charge >= 0.3 is 35.8 Å². The summed E-state index contributed by atoms with van der Waals surface area (Å²) in [6.07, 6.45) is 1.97. The van der Waals surface area contributed by atoms with Crippen molar-refractivity contribution >= 4 is 5.97 Å². The number of allylic oxidation sites excluding steroid dienone is 1. The van der Waals surface area contributed by atoms with Gasteiger partial charge in [0, 0.05) is 0 Å². The molecular formula is C22H31F11O3. The van der Waals surface area contributed by atoms with Crippen LogP contribution in [0.2, 0.25) is 0 Å². The van der Waals surface area contributed by atoms with Crippen molar-refractivity contribution in [1.29, 1.82) is 0 Å². The van der Waals surface area contributed by atoms with Crippen LogP contribution in [0, 0.1) is 0 Å². The highest BCUT2D eigenvalue weighted by atomic mass is 19.4. The molecule has 0 amide bonds. The van der Waals surface area contributed by atoms with E-state index in [-0.39, 0.29) is 6.42 Å². The van der Waals surface area contributed by atoms with E-state index in [1.165, 1.54) is 12.8 Å². The highest BCUT2D eigenvalue weighted by molar-refractivity contribution is 5.80. The van der Waals surface area contributed by atoms with E-state index in [1.54, 1.807) is 0 Å². The van der Waals surface area contributed by atoms with E-state index in [1.807, 2.05) is 0 Å². The van der Waals surface area contributed by atoms with Gasteiger partial charge in [-0.2, -0.15) is 48.3 Å². The van der Waals surface area contributed by atoms with Gasteiger partial charge in [-0.15, -0.1) is 0 Å². The Balaban J connectivity index is 4.95. The number of carboxylic acid groups (broad SMARTS) is 1. The van der Waals surface area contributed by atoms with Gasteiger partial charge in [0.25, 0.3) is 0 Å². The number of halogens is 11. The minimum atomic E-state index is -7.64. The van der Waals surface area contributed by atoms with Gasteiger partial charge in [0.1, 0.15) is 0 Å². The van der Waals surface area contributed by atoms with Crippen molar-refractivity contribution in [2.45, 2.75) is 114 Å². The monoisotopic (exact) mass is 552 g/mol. The van der Waals surface area contributed by atoms with Gasteiger partial charge in [-0.05, 0) is 6.42 Å². The summed E-state index contributed by atoms with van der Waals surface area (Å²) in [4.78, 5) is 10.7. The lowest BCUT2D eigenvalue weighted by atomic mass is 9.96. The summed E-state index contributed by atoms with van der Waals surface area (Å²) in [6.45, 7) is 1.22. The van der Waals surface area contributed by atoms with Crippen molar-refractivity contribution in [2.75, 3.05) is 6.61 Å². The van der Waals surface area contributed by atoms with Crippen molar-refractivity contribution in [2.24, 2.45) is 0 Å². The van der Waals surface area contributed by atoms with E-state index in [9.17, 15) is 53.1 Å². The average Bonchev–Trinajstić information content (AvgIpc) is 2.74. The molecule has 0 aliphatic heterocycles. The maximum atomic E-state index is 14.1. The molecule has 0 unspecified atom stereocenters. The van der Waals surface area contributed by atoms with Crippen molar-refractivity contribution in [3.63, 3.8) is 0 Å². The molecule has 0 radical (unpaired) electrons. The highest BCUT2D eigenvalue weighted by Gasteiger charge is 2.88. The van der Waals surface area contributed by atoms with Gasteiger partial charge in [0.2, 0.25) is 0 Å². The minimum absolute atomic E-state index is 0.120. The third-order valence-electron chi connectivity index (χ3n) is 5.36. The second kappa shape index (κ2) is 14.3. The molecule has 0 rings (SSSR count). The molecule has 0 spiro atoms. The predicted molar refractivity (Wildman–Crippen MR) is 109 cm³/mol. The number of carbonyl (C=O) groups is 1. The molecule has 36 heavy (non-hydrogen) atoms. The number of aliphatic carboxylic acids is 1. The van der Waals surface area contributed by atoms with Crippen LogP contribution in [0.4, 0.5) is 48.3 Å². The summed E-state index contributed by atoms with van der Waals surface area (Å²) in [6, 6.07) is 0. The van der Waals surface area contributed by atoms with E-state index in [4.69, 9.17) is 5.11 Å². The molecular weight excluding hydrogens is 521 g/mol. The summed E-state index contributed by atoms with van der Waals surface area (Å²) >= 11 is 0. The molecule has 0 aromatic carbocycles. The zero-order chi connectivity index (χ0) is 28.3. The van der Waals surface area contributed by atoms with Gasteiger partial charge in [0.15, 0.2) is 5.76 Å². The molecule has 0 fully saturated rings. The molecule has 0 saturated carbocycles. The number of unbranched alkanes of at least 4 members (excludes halogenated alkanes) is 11. The fraction of sp³-hybridized carbons (Fsp3) is 0.864. The SMILES string of the molecule is CCCCCCCCCCCCCCO/C(=C\C(=O)O)C(F)(F)C(F)(F)C(F)(F)C(F)(F)C(F)(F)F. The van der Waals surface area contributed by atoms with Crippen LogP contribution in [0.1, 0.15) is 84.0 Å². The van der Waals surface area contributed by atoms with Gasteiger partial charge in [-0.25, -0.2) is 4.79 Å². The van der Waals surface area contributed by atoms with E-state index < -0.39 is 54.3 Å². The van der Waals surface area contributed by atoms with Crippen molar-refractivity contribution < 1.29 is 62.9 Å². The van der Waals surface area contributed by atoms with Crippen molar-refractivity contribution in [1.82, 2.24) is 0 Å². The standard InChI is InChI=1S/C22H31F11O3/c1-2-3-4-5-6-7-8-9-10-11-12-13-14-36-16(15-17(34)35)18(23,24)19(25,26)20(27,28)21(29,30)22(31,32)33/h15H,2-14H2,1H3,(H,34,35)/b16-15-. The van der Waals surface area contributed by atoms with Crippen LogP contribution in [0.5, 0.6) is 0 Å². The molecule has 0 aromatic heterocycles. The van der Waals surface area contributed by atoms with Crippen LogP contribution in [-0.4, -0.2) is 47.5 Å². The maximum Gasteiger partial charge on any atom is 0.460 e. The summed E-state index contributed by atoms with van der Waals surface area (Å²) < 4.78 is 149. The van der Waals surface area contributed by atoms with Crippen LogP contribution in [0.15, 0.2) is 11.8 Å². The van der Waals surface area contributed by atoms with E-state index in [2.05, 4.69) is 11.7 Å². The molecule has 0 aromatic rings. The third kappa shape index (κ3) is 8.97. The Morgan fingerprint density at radius 2 is 1.03 bits per heavy atom. The molecule has 0 atom stereocenters. The Kier molecular flexibility index (Phi) is 13.6. The smallest absolute Gasteiger partial charge is 0.460 e. The van der Waals surface area contributed by atoms with Crippen LogP contribution in [0.3, 0.4) is 0 Å². The number of hydrogen-bond donors (Lipinski definition) is 1. The Morgan fingerprint density at radius 1 is 0.639 bits per heavy atom. The summed E-state index contributed by atoms with van der Waals surface area (Å²) in [5.74, 6) is -34.1. The van der Waals surface area contributed by atoms with Gasteiger partial charge in [0.05, 0.1) is 12.7 Å². The molecule has 0 saturated heterocycles. The van der Waals surface area contributed by atoms with E-state index in [0.717, 1.165) is 44.9 Å². The molecule has 14 heteroatoms. The first-order chi connectivity index (χ1) is 16.4. The Hall–Kier alpha value is -1.76. The first kappa shape index (κ1) is 34.2. The minimum Gasteiger partial charge on any atom is -0.491 e. The number of rotatable bonds is 19. The Morgan fingerprint density at radius 3 is 1.39 bits per heavy atom. The number of ether oxygens (including phenoxy) is 1. The van der Waals surface area contributed by atoms with Crippen LogP contribution in [-0.2, 0) is 9.53 Å². The lowest BCUT2D eigenvalue weighted by Gasteiger charge is -2.37. The Labute approximate surface area is 202 Å². The third-order valence-corrected chi connectivity index (χ3v) is 5.36. The molecule has 0 bridgehead atoms. The second-order valence-corrected chi connectivity index (χ2v) is 8.38. The maximum absolute atomic E-state index is 14.1. The highest BCUT2D eigenvalue weighted by Crippen LogP contribution is 2.58. The predicted octanol–water partition coefficient (Wildman–Crippen LogP) is 8.78. The molecule has 3 nitrogen and oxygen atoms in total. The molecule has 0 aliphatic rings. The molecule has 0 heterocycles. The average molecular weight is 552 g/mol. The lowest BCUT2D eigenvalue weighted by molar-refractivity contribution is -0.420. The van der Waals surface area contributed by atoms with Crippen LogP contribution >= 0.6 is 0 Å². The largest absolute Gasteiger partial charge is 0.491 e. The second-order valence-electron chi connectivity index (χ2n) is 8.38. The summed E-state index contributed by atoms with van der Waals surface area (Å²) in [5, 5.41) is 8.56. The zero-order valence-electron chi connectivity index (χ0n) is 19.7. The fourth-order valence-electron chi connectivity index (χ4n) is 3.19. The number of hydrogen-bond acceptors (Lipinski definition) is 2. The normalized spacial score (nSPS) is 14.3. The van der Waals surface area contributed by atoms with Crippen molar-refractivity contribution in [3.05, 3.63) is 11.8 Å². The summed E-state index contributed by atoms with van der Waals surface area (Å²) in [7, 11) is 0. The van der Waals surface area contributed by atoms with Gasteiger partial charge in [-0.3, -0.25) is 0 Å².